The maximum atomic E-state index is 5.65. The lowest BCUT2D eigenvalue weighted by Gasteiger charge is -2.18. The number of rotatable bonds is 3. The Balaban J connectivity index is 2.15. The molecule has 2 aliphatic rings. The monoisotopic (exact) mass is 284 g/mol. The second-order valence-electron chi connectivity index (χ2n) is 5.92. The van der Waals surface area contributed by atoms with Gasteiger partial charge in [0.15, 0.2) is 0 Å². The lowest BCUT2D eigenvalue weighted by Crippen LogP contribution is -2.01. The molecule has 21 heavy (non-hydrogen) atoms. The molecule has 110 valence electrons. The van der Waals surface area contributed by atoms with Gasteiger partial charge in [-0.15, -0.1) is 0 Å². The summed E-state index contributed by atoms with van der Waals surface area (Å²) in [4.78, 5) is 4.84. The van der Waals surface area contributed by atoms with Crippen LogP contribution in [0.2, 0.25) is 0 Å². The van der Waals surface area contributed by atoms with E-state index in [4.69, 9.17) is 14.5 Å². The molecule has 4 nitrogen and oxygen atoms in total. The third-order valence-electron chi connectivity index (χ3n) is 4.64. The van der Waals surface area contributed by atoms with Crippen molar-refractivity contribution in [2.24, 2.45) is 0 Å². The summed E-state index contributed by atoms with van der Waals surface area (Å²) in [7, 11) is 3.43. The summed E-state index contributed by atoms with van der Waals surface area (Å²) in [5.41, 5.74) is 5.97. The van der Waals surface area contributed by atoms with E-state index >= 15 is 0 Å². The number of aromatic nitrogens is 1. The molecule has 4 rings (SSSR count). The second-order valence-corrected chi connectivity index (χ2v) is 5.92. The molecule has 0 bridgehead atoms. The molecule has 0 radical (unpaired) electrons. The van der Waals surface area contributed by atoms with Gasteiger partial charge in [-0.3, -0.25) is 0 Å². The summed E-state index contributed by atoms with van der Waals surface area (Å²) in [6, 6.07) is 1.99. The predicted octanol–water partition coefficient (Wildman–Crippen LogP) is 3.41. The van der Waals surface area contributed by atoms with E-state index in [1.54, 1.807) is 14.2 Å². The molecule has 1 aromatic carbocycles. The highest BCUT2D eigenvalue weighted by molar-refractivity contribution is 6.02. The van der Waals surface area contributed by atoms with Gasteiger partial charge >= 0.3 is 0 Å². The van der Waals surface area contributed by atoms with Gasteiger partial charge in [0.05, 0.1) is 14.2 Å². The van der Waals surface area contributed by atoms with Crippen LogP contribution in [-0.4, -0.2) is 25.7 Å². The van der Waals surface area contributed by atoms with Gasteiger partial charge in [0, 0.05) is 34.9 Å². The van der Waals surface area contributed by atoms with E-state index in [9.17, 15) is 0 Å². The zero-order valence-electron chi connectivity index (χ0n) is 12.7. The molecular weight excluding hydrogens is 264 g/mol. The molecule has 2 heterocycles. The van der Waals surface area contributed by atoms with Crippen molar-refractivity contribution in [3.05, 3.63) is 22.9 Å². The fourth-order valence-corrected chi connectivity index (χ4v) is 3.49. The van der Waals surface area contributed by atoms with E-state index in [1.165, 1.54) is 35.0 Å². The van der Waals surface area contributed by atoms with E-state index in [0.717, 1.165) is 35.7 Å². The number of nitrogens with one attached hydrogen (secondary N) is 1. The van der Waals surface area contributed by atoms with Crippen LogP contribution < -0.4 is 14.8 Å². The average molecular weight is 284 g/mol. The molecule has 1 saturated carbocycles. The first-order chi connectivity index (χ1) is 10.2. The SMILES string of the molecule is COc1cc(OC)c2nc(C)c3c(c2c1C1CC1)NCC3. The van der Waals surface area contributed by atoms with Crippen molar-refractivity contribution in [1.29, 1.82) is 0 Å². The fourth-order valence-electron chi connectivity index (χ4n) is 3.49. The summed E-state index contributed by atoms with van der Waals surface area (Å²) >= 11 is 0. The van der Waals surface area contributed by atoms with Gasteiger partial charge in [0.2, 0.25) is 0 Å². The first-order valence-corrected chi connectivity index (χ1v) is 7.56. The molecule has 0 saturated heterocycles. The number of pyridine rings is 1. The maximum absolute atomic E-state index is 5.65. The van der Waals surface area contributed by atoms with Crippen LogP contribution in [0.4, 0.5) is 5.69 Å². The molecule has 0 atom stereocenters. The van der Waals surface area contributed by atoms with Crippen molar-refractivity contribution in [3.8, 4) is 11.5 Å². The number of hydrogen-bond acceptors (Lipinski definition) is 4. The standard InChI is InChI=1S/C17H20N2O2/c1-9-11-6-7-18-16(11)15-14(10-4-5-10)12(20-2)8-13(21-3)17(15)19-9/h8,10,18H,4-7H2,1-3H3. The first kappa shape index (κ1) is 12.7. The van der Waals surface area contributed by atoms with Gasteiger partial charge in [-0.25, -0.2) is 4.98 Å². The summed E-state index contributed by atoms with van der Waals surface area (Å²) in [5, 5.41) is 4.77. The summed E-state index contributed by atoms with van der Waals surface area (Å²) in [6.45, 7) is 3.08. The van der Waals surface area contributed by atoms with Crippen LogP contribution in [0.5, 0.6) is 11.5 Å². The van der Waals surface area contributed by atoms with E-state index in [0.29, 0.717) is 5.92 Å². The lowest BCUT2D eigenvalue weighted by molar-refractivity contribution is 0.394. The number of methoxy groups -OCH3 is 2. The van der Waals surface area contributed by atoms with Crippen molar-refractivity contribution in [3.63, 3.8) is 0 Å². The van der Waals surface area contributed by atoms with Crippen LogP contribution in [0.3, 0.4) is 0 Å². The van der Waals surface area contributed by atoms with E-state index in [1.807, 2.05) is 6.07 Å². The minimum Gasteiger partial charge on any atom is -0.496 e. The van der Waals surface area contributed by atoms with Crippen LogP contribution in [0, 0.1) is 6.92 Å². The van der Waals surface area contributed by atoms with E-state index in [-0.39, 0.29) is 0 Å². The minimum atomic E-state index is 0.601. The van der Waals surface area contributed by atoms with Gasteiger partial charge in [0.25, 0.3) is 0 Å². The predicted molar refractivity (Wildman–Crippen MR) is 83.8 cm³/mol. The van der Waals surface area contributed by atoms with Gasteiger partial charge in [0.1, 0.15) is 17.0 Å². The fraction of sp³-hybridized carbons (Fsp3) is 0.471. The number of ether oxygens (including phenoxy) is 2. The molecule has 1 N–H and O–H groups in total. The molecule has 1 fully saturated rings. The van der Waals surface area contributed by atoms with E-state index < -0.39 is 0 Å². The number of fused-ring (bicyclic) bond motifs is 3. The third kappa shape index (κ3) is 1.78. The molecule has 0 amide bonds. The summed E-state index contributed by atoms with van der Waals surface area (Å²) in [6.07, 6.45) is 3.52. The minimum absolute atomic E-state index is 0.601. The van der Waals surface area contributed by atoms with Crippen molar-refractivity contribution >= 4 is 16.6 Å². The largest absolute Gasteiger partial charge is 0.496 e. The Labute approximate surface area is 124 Å². The zero-order chi connectivity index (χ0) is 14.6. The van der Waals surface area contributed by atoms with Crippen LogP contribution in [0.1, 0.15) is 35.6 Å². The number of nitrogens with zero attached hydrogens (tertiary/aromatic N) is 1. The average Bonchev–Trinajstić information content (AvgIpc) is 3.21. The third-order valence-corrected chi connectivity index (χ3v) is 4.64. The number of aryl methyl sites for hydroxylation is 1. The molecule has 0 unspecified atom stereocenters. The quantitative estimate of drug-likeness (QED) is 0.938. The smallest absolute Gasteiger partial charge is 0.148 e. The van der Waals surface area contributed by atoms with Crippen LogP contribution in [0.25, 0.3) is 10.9 Å². The Kier molecular flexibility index (Phi) is 2.74. The summed E-state index contributed by atoms with van der Waals surface area (Å²) in [5.74, 6) is 2.33. The van der Waals surface area contributed by atoms with Gasteiger partial charge in [-0.05, 0) is 37.7 Å². The van der Waals surface area contributed by atoms with Crippen molar-refractivity contribution in [1.82, 2.24) is 4.98 Å². The Morgan fingerprint density at radius 1 is 1.19 bits per heavy atom. The highest BCUT2D eigenvalue weighted by Gasteiger charge is 2.33. The Morgan fingerprint density at radius 2 is 1.95 bits per heavy atom. The maximum Gasteiger partial charge on any atom is 0.148 e. The van der Waals surface area contributed by atoms with Gasteiger partial charge in [-0.2, -0.15) is 0 Å². The van der Waals surface area contributed by atoms with Crippen molar-refractivity contribution in [2.45, 2.75) is 32.1 Å². The molecule has 1 aliphatic carbocycles. The molecule has 4 heteroatoms. The van der Waals surface area contributed by atoms with E-state index in [2.05, 4.69) is 12.2 Å². The molecule has 1 aliphatic heterocycles. The number of benzene rings is 1. The van der Waals surface area contributed by atoms with Crippen molar-refractivity contribution in [2.75, 3.05) is 26.1 Å². The molecule has 1 aromatic heterocycles. The number of anilines is 1. The topological polar surface area (TPSA) is 43.4 Å². The number of hydrogen-bond donors (Lipinski definition) is 1. The Morgan fingerprint density at radius 3 is 2.62 bits per heavy atom. The highest BCUT2D eigenvalue weighted by atomic mass is 16.5. The lowest BCUT2D eigenvalue weighted by atomic mass is 9.97. The Bertz CT molecular complexity index is 736. The molecular formula is C17H20N2O2. The van der Waals surface area contributed by atoms with Crippen LogP contribution >= 0.6 is 0 Å². The van der Waals surface area contributed by atoms with Gasteiger partial charge < -0.3 is 14.8 Å². The molecule has 2 aromatic rings. The Hall–Kier alpha value is -1.97. The first-order valence-electron chi connectivity index (χ1n) is 7.56. The molecule has 0 spiro atoms. The van der Waals surface area contributed by atoms with Gasteiger partial charge in [-0.1, -0.05) is 0 Å². The normalized spacial score (nSPS) is 16.7. The van der Waals surface area contributed by atoms with Crippen LogP contribution in [-0.2, 0) is 6.42 Å². The highest BCUT2D eigenvalue weighted by Crippen LogP contribution is 2.52. The summed E-state index contributed by atoms with van der Waals surface area (Å²) < 4.78 is 11.2. The second kappa shape index (κ2) is 4.52. The van der Waals surface area contributed by atoms with Crippen LogP contribution in [0.15, 0.2) is 6.07 Å². The van der Waals surface area contributed by atoms with Crippen molar-refractivity contribution < 1.29 is 9.47 Å². The zero-order valence-corrected chi connectivity index (χ0v) is 12.7.